The van der Waals surface area contributed by atoms with Crippen molar-refractivity contribution in [2.45, 2.75) is 5.41 Å². The number of hydrogen-bond acceptors (Lipinski definition) is 4. The Bertz CT molecular complexity index is 2640. The van der Waals surface area contributed by atoms with E-state index in [9.17, 15) is 5.26 Å². The van der Waals surface area contributed by atoms with E-state index in [2.05, 4.69) is 103 Å². The third-order valence-electron chi connectivity index (χ3n) is 10.4. The topological polar surface area (TPSA) is 62.5 Å². The molecule has 0 bridgehead atoms. The largest absolute Gasteiger partial charge is 0.256 e. The lowest BCUT2D eigenvalue weighted by Gasteiger charge is -2.30. The molecule has 236 valence electrons. The lowest BCUT2D eigenvalue weighted by atomic mass is 9.70. The number of hydrogen-bond donors (Lipinski definition) is 0. The Morgan fingerprint density at radius 3 is 1.63 bits per heavy atom. The van der Waals surface area contributed by atoms with E-state index in [1.165, 1.54) is 44.5 Å². The van der Waals surface area contributed by atoms with E-state index in [1.54, 1.807) is 0 Å². The zero-order chi connectivity index (χ0) is 33.9. The first-order valence-corrected chi connectivity index (χ1v) is 17.1. The summed E-state index contributed by atoms with van der Waals surface area (Å²) < 4.78 is 0. The van der Waals surface area contributed by atoms with E-state index >= 15 is 0 Å². The molecule has 0 radical (unpaired) electrons. The quantitative estimate of drug-likeness (QED) is 0.191. The molecule has 4 heteroatoms. The number of pyridine rings is 1. The average Bonchev–Trinajstić information content (AvgIpc) is 3.68. The monoisotopic (exact) mass is 648 g/mol. The minimum atomic E-state index is -0.442. The van der Waals surface area contributed by atoms with Crippen LogP contribution in [0.15, 0.2) is 170 Å². The van der Waals surface area contributed by atoms with Gasteiger partial charge in [-0.2, -0.15) is 5.26 Å². The maximum atomic E-state index is 9.41. The summed E-state index contributed by atoms with van der Waals surface area (Å²) >= 11 is 0. The molecule has 0 amide bonds. The Morgan fingerprint density at radius 1 is 0.431 bits per heavy atom. The summed E-state index contributed by atoms with van der Waals surface area (Å²) in [6.45, 7) is 0. The first-order chi connectivity index (χ1) is 25.2. The van der Waals surface area contributed by atoms with Gasteiger partial charge in [-0.25, -0.2) is 9.97 Å². The van der Waals surface area contributed by atoms with E-state index < -0.39 is 5.41 Å². The minimum absolute atomic E-state index is 0.442. The lowest BCUT2D eigenvalue weighted by Crippen LogP contribution is -2.25. The summed E-state index contributed by atoms with van der Waals surface area (Å²) in [5, 5.41) is 9.41. The van der Waals surface area contributed by atoms with Gasteiger partial charge in [-0.15, -0.1) is 0 Å². The fraction of sp³-hybridized carbons (Fsp3) is 0.0213. The molecule has 0 saturated heterocycles. The molecule has 1 spiro atoms. The molecule has 2 aromatic heterocycles. The Kier molecular flexibility index (Phi) is 6.43. The summed E-state index contributed by atoms with van der Waals surface area (Å²) in [7, 11) is 0. The van der Waals surface area contributed by atoms with Crippen LogP contribution in [-0.2, 0) is 5.41 Å². The molecule has 0 fully saturated rings. The summed E-state index contributed by atoms with van der Waals surface area (Å²) in [4.78, 5) is 15.2. The Balaban J connectivity index is 1.20. The maximum Gasteiger partial charge on any atom is 0.160 e. The fourth-order valence-electron chi connectivity index (χ4n) is 8.25. The first-order valence-electron chi connectivity index (χ1n) is 17.1. The van der Waals surface area contributed by atoms with Crippen LogP contribution in [0.25, 0.3) is 67.4 Å². The normalized spacial score (nSPS) is 12.8. The van der Waals surface area contributed by atoms with E-state index in [0.29, 0.717) is 11.4 Å². The molecule has 0 saturated carbocycles. The van der Waals surface area contributed by atoms with Crippen molar-refractivity contribution in [2.75, 3.05) is 0 Å². The standard InChI is InChI=1S/C47H28N4/c48-29-30-20-22-31(23-21-30)43-28-44(51-46(50-43)32-11-2-1-3-12-32)38-16-10-26-49-45(38)33-24-25-37-36-15-6-9-19-41(36)47(42(37)27-33)39-17-7-4-13-34(39)35-14-5-8-18-40(35)47/h1-28H. The molecule has 2 aliphatic carbocycles. The average molecular weight is 649 g/mol. The van der Waals surface area contributed by atoms with Gasteiger partial charge in [0.25, 0.3) is 0 Å². The van der Waals surface area contributed by atoms with Gasteiger partial charge in [0.05, 0.1) is 34.1 Å². The summed E-state index contributed by atoms with van der Waals surface area (Å²) in [5.41, 5.74) is 16.6. The highest BCUT2D eigenvalue weighted by molar-refractivity contribution is 5.96. The van der Waals surface area contributed by atoms with Crippen molar-refractivity contribution in [1.29, 1.82) is 5.26 Å². The van der Waals surface area contributed by atoms with E-state index in [-0.39, 0.29) is 0 Å². The summed E-state index contributed by atoms with van der Waals surface area (Å²) in [5.74, 6) is 0.629. The molecule has 0 N–H and O–H groups in total. The van der Waals surface area contributed by atoms with Crippen molar-refractivity contribution >= 4 is 0 Å². The molecular weight excluding hydrogens is 621 g/mol. The van der Waals surface area contributed by atoms with Crippen molar-refractivity contribution in [3.8, 4) is 73.5 Å². The molecule has 0 unspecified atom stereocenters. The van der Waals surface area contributed by atoms with Crippen LogP contribution in [0, 0.1) is 11.3 Å². The van der Waals surface area contributed by atoms with Gasteiger partial charge in [0.1, 0.15) is 0 Å². The molecular formula is C47H28N4. The molecule has 8 aromatic rings. The summed E-state index contributed by atoms with van der Waals surface area (Å²) in [6.07, 6.45) is 1.86. The van der Waals surface area contributed by atoms with Crippen LogP contribution in [0.1, 0.15) is 27.8 Å². The Hall–Kier alpha value is -6.96. The molecule has 6 aromatic carbocycles. The molecule has 0 atom stereocenters. The Labute approximate surface area is 296 Å². The van der Waals surface area contributed by atoms with Gasteiger partial charge in [0, 0.05) is 28.5 Å². The lowest BCUT2D eigenvalue weighted by molar-refractivity contribution is 0.794. The smallest absolute Gasteiger partial charge is 0.160 e. The van der Waals surface area contributed by atoms with E-state index in [1.807, 2.05) is 72.9 Å². The molecule has 51 heavy (non-hydrogen) atoms. The molecule has 2 aliphatic rings. The predicted octanol–water partition coefficient (Wildman–Crippen LogP) is 10.8. The minimum Gasteiger partial charge on any atom is -0.256 e. The second kappa shape index (κ2) is 11.3. The third-order valence-corrected chi connectivity index (χ3v) is 10.4. The zero-order valence-electron chi connectivity index (χ0n) is 27.5. The third kappa shape index (κ3) is 4.29. The highest BCUT2D eigenvalue weighted by Crippen LogP contribution is 2.63. The SMILES string of the molecule is N#Cc1ccc(-c2cc(-c3cccnc3-c3ccc4c(c3)C3(c5ccccc5-c5ccccc53)c3ccccc3-4)nc(-c3ccccc3)n2)cc1. The van der Waals surface area contributed by atoms with Crippen LogP contribution >= 0.6 is 0 Å². The van der Waals surface area contributed by atoms with Crippen molar-refractivity contribution in [1.82, 2.24) is 15.0 Å². The molecule has 0 aliphatic heterocycles. The number of benzene rings is 6. The number of aromatic nitrogens is 3. The number of rotatable bonds is 4. The number of nitrogens with zero attached hydrogens (tertiary/aromatic N) is 4. The van der Waals surface area contributed by atoms with Crippen LogP contribution in [0.3, 0.4) is 0 Å². The van der Waals surface area contributed by atoms with E-state index in [4.69, 9.17) is 15.0 Å². The van der Waals surface area contributed by atoms with Crippen LogP contribution in [0.4, 0.5) is 0 Å². The van der Waals surface area contributed by atoms with Crippen molar-refractivity contribution in [3.05, 3.63) is 198 Å². The van der Waals surface area contributed by atoms with Crippen LogP contribution < -0.4 is 0 Å². The van der Waals surface area contributed by atoms with Crippen LogP contribution in [0.2, 0.25) is 0 Å². The maximum absolute atomic E-state index is 9.41. The van der Waals surface area contributed by atoms with Gasteiger partial charge in [-0.05, 0) is 80.9 Å². The highest BCUT2D eigenvalue weighted by atomic mass is 14.9. The first kappa shape index (κ1) is 29.0. The zero-order valence-corrected chi connectivity index (χ0v) is 27.5. The van der Waals surface area contributed by atoms with Crippen LogP contribution in [-0.4, -0.2) is 15.0 Å². The Morgan fingerprint density at radius 2 is 0.980 bits per heavy atom. The van der Waals surface area contributed by atoms with Gasteiger partial charge in [-0.1, -0.05) is 127 Å². The van der Waals surface area contributed by atoms with E-state index in [0.717, 1.165) is 39.3 Å². The van der Waals surface area contributed by atoms with Crippen molar-refractivity contribution in [3.63, 3.8) is 0 Å². The molecule has 2 heterocycles. The van der Waals surface area contributed by atoms with Crippen molar-refractivity contribution < 1.29 is 0 Å². The fourth-order valence-corrected chi connectivity index (χ4v) is 8.25. The number of fused-ring (bicyclic) bond motifs is 10. The van der Waals surface area contributed by atoms with Gasteiger partial charge in [0.2, 0.25) is 0 Å². The second-order valence-corrected chi connectivity index (χ2v) is 13.1. The summed E-state index contributed by atoms with van der Waals surface area (Å²) in [6, 6.07) is 59.4. The highest BCUT2D eigenvalue weighted by Gasteiger charge is 2.51. The molecule has 4 nitrogen and oxygen atoms in total. The van der Waals surface area contributed by atoms with Gasteiger partial charge >= 0.3 is 0 Å². The van der Waals surface area contributed by atoms with Gasteiger partial charge in [-0.3, -0.25) is 4.98 Å². The van der Waals surface area contributed by atoms with Gasteiger partial charge < -0.3 is 0 Å². The van der Waals surface area contributed by atoms with Crippen LogP contribution in [0.5, 0.6) is 0 Å². The second-order valence-electron chi connectivity index (χ2n) is 13.1. The number of nitriles is 1. The molecule has 10 rings (SSSR count). The van der Waals surface area contributed by atoms with Gasteiger partial charge in [0.15, 0.2) is 5.82 Å². The predicted molar refractivity (Wildman–Crippen MR) is 203 cm³/mol. The van der Waals surface area contributed by atoms with Crippen molar-refractivity contribution in [2.24, 2.45) is 0 Å².